The largest absolute Gasteiger partial charge is 0.335 e. The third-order valence-corrected chi connectivity index (χ3v) is 7.41. The zero-order valence-electron chi connectivity index (χ0n) is 18.9. The quantitative estimate of drug-likeness (QED) is 0.350. The standard InChI is InChI=1S/C26H22N8S/c1-2-10-34(9-1)15-16-12-17(14-27-13-16)19-5-6-20-23(29-19)24(33-32-20)26-30-22-18(21-4-3-11-35-21)7-8-28-25(22)31-26/h3-8,11-14H,1-2,9-10,15H2,(H,32,33)(H,28,30,31). The van der Waals surface area contributed by atoms with Crippen LogP contribution >= 0.6 is 11.3 Å². The van der Waals surface area contributed by atoms with E-state index in [0.29, 0.717) is 17.2 Å². The molecular weight excluding hydrogens is 456 g/mol. The second kappa shape index (κ2) is 8.37. The van der Waals surface area contributed by atoms with Crippen LogP contribution in [-0.2, 0) is 6.54 Å². The fraction of sp³-hybridized carbons (Fsp3) is 0.192. The van der Waals surface area contributed by atoms with Crippen LogP contribution in [0.25, 0.3) is 55.4 Å². The van der Waals surface area contributed by atoms with Crippen LogP contribution < -0.4 is 0 Å². The molecule has 0 atom stereocenters. The summed E-state index contributed by atoms with van der Waals surface area (Å²) in [6.07, 6.45) is 8.18. The van der Waals surface area contributed by atoms with E-state index in [1.807, 2.05) is 36.7 Å². The van der Waals surface area contributed by atoms with Crippen molar-refractivity contribution in [1.29, 1.82) is 0 Å². The summed E-state index contributed by atoms with van der Waals surface area (Å²) >= 11 is 1.69. The van der Waals surface area contributed by atoms with Gasteiger partial charge < -0.3 is 4.98 Å². The van der Waals surface area contributed by atoms with Crippen molar-refractivity contribution in [2.24, 2.45) is 0 Å². The van der Waals surface area contributed by atoms with E-state index in [2.05, 4.69) is 47.6 Å². The minimum absolute atomic E-state index is 0.647. The van der Waals surface area contributed by atoms with Crippen molar-refractivity contribution in [1.82, 2.24) is 40.0 Å². The van der Waals surface area contributed by atoms with Gasteiger partial charge in [-0.25, -0.2) is 15.0 Å². The fourth-order valence-corrected chi connectivity index (χ4v) is 5.56. The number of imidazole rings is 1. The molecule has 0 aliphatic carbocycles. The van der Waals surface area contributed by atoms with Crippen molar-refractivity contribution >= 4 is 33.5 Å². The van der Waals surface area contributed by atoms with Crippen LogP contribution in [0.2, 0.25) is 0 Å². The van der Waals surface area contributed by atoms with E-state index in [-0.39, 0.29) is 0 Å². The van der Waals surface area contributed by atoms with Crippen LogP contribution in [0.1, 0.15) is 18.4 Å². The zero-order valence-corrected chi connectivity index (χ0v) is 19.7. The molecule has 0 bridgehead atoms. The molecule has 0 radical (unpaired) electrons. The van der Waals surface area contributed by atoms with Gasteiger partial charge in [0.15, 0.2) is 17.2 Å². The van der Waals surface area contributed by atoms with Gasteiger partial charge in [-0.15, -0.1) is 11.3 Å². The Kier molecular flexibility index (Phi) is 4.88. The first-order chi connectivity index (χ1) is 17.3. The third-order valence-electron chi connectivity index (χ3n) is 6.51. The highest BCUT2D eigenvalue weighted by molar-refractivity contribution is 7.13. The van der Waals surface area contributed by atoms with Gasteiger partial charge in [-0.2, -0.15) is 5.10 Å². The number of rotatable bonds is 5. The molecule has 1 fully saturated rings. The number of pyridine rings is 3. The van der Waals surface area contributed by atoms with Crippen molar-refractivity contribution < 1.29 is 0 Å². The van der Waals surface area contributed by atoms with Gasteiger partial charge >= 0.3 is 0 Å². The minimum atomic E-state index is 0.647. The highest BCUT2D eigenvalue weighted by Gasteiger charge is 2.18. The van der Waals surface area contributed by atoms with Crippen LogP contribution in [0.3, 0.4) is 0 Å². The fourth-order valence-electron chi connectivity index (χ4n) is 4.80. The summed E-state index contributed by atoms with van der Waals surface area (Å²) in [7, 11) is 0. The Morgan fingerprint density at radius 2 is 1.97 bits per heavy atom. The number of fused-ring (bicyclic) bond motifs is 2. The Morgan fingerprint density at radius 1 is 1.03 bits per heavy atom. The average molecular weight is 479 g/mol. The number of hydrogen-bond donors (Lipinski definition) is 2. The number of nitrogens with one attached hydrogen (secondary N) is 2. The lowest BCUT2D eigenvalue weighted by Crippen LogP contribution is -2.18. The first-order valence-corrected chi connectivity index (χ1v) is 12.6. The van der Waals surface area contributed by atoms with Crippen molar-refractivity contribution in [3.63, 3.8) is 0 Å². The Balaban J connectivity index is 1.28. The van der Waals surface area contributed by atoms with Crippen LogP contribution in [0.15, 0.2) is 60.4 Å². The van der Waals surface area contributed by atoms with Crippen molar-refractivity contribution in [2.75, 3.05) is 13.1 Å². The molecule has 6 aromatic rings. The lowest BCUT2D eigenvalue weighted by molar-refractivity contribution is 0.331. The molecule has 7 rings (SSSR count). The molecule has 0 aromatic carbocycles. The first-order valence-electron chi connectivity index (χ1n) is 11.7. The monoisotopic (exact) mass is 478 g/mol. The molecule has 35 heavy (non-hydrogen) atoms. The molecule has 1 saturated heterocycles. The van der Waals surface area contributed by atoms with Gasteiger partial charge in [0, 0.05) is 41.1 Å². The molecule has 2 N–H and O–H groups in total. The van der Waals surface area contributed by atoms with Crippen LogP contribution in [0.5, 0.6) is 0 Å². The van der Waals surface area contributed by atoms with Crippen molar-refractivity contribution in [3.05, 3.63) is 65.9 Å². The van der Waals surface area contributed by atoms with Gasteiger partial charge in [0.1, 0.15) is 5.52 Å². The minimum Gasteiger partial charge on any atom is -0.335 e. The Labute approximate surface area is 205 Å². The molecule has 1 aliphatic heterocycles. The smallest absolute Gasteiger partial charge is 0.178 e. The van der Waals surface area contributed by atoms with E-state index in [1.165, 1.54) is 23.3 Å². The summed E-state index contributed by atoms with van der Waals surface area (Å²) in [6, 6.07) is 12.4. The van der Waals surface area contributed by atoms with E-state index in [4.69, 9.17) is 9.97 Å². The van der Waals surface area contributed by atoms with Crippen LogP contribution in [-0.4, -0.2) is 53.1 Å². The topological polar surface area (TPSA) is 99.3 Å². The summed E-state index contributed by atoms with van der Waals surface area (Å²) < 4.78 is 0. The molecule has 0 amide bonds. The van der Waals surface area contributed by atoms with Gasteiger partial charge in [-0.1, -0.05) is 6.07 Å². The number of H-pyrrole nitrogens is 2. The summed E-state index contributed by atoms with van der Waals surface area (Å²) in [5.74, 6) is 0.647. The molecule has 6 aromatic heterocycles. The number of likely N-dealkylation sites (tertiary alicyclic amines) is 1. The molecule has 9 heteroatoms. The van der Waals surface area contributed by atoms with E-state index >= 15 is 0 Å². The average Bonchev–Trinajstić information content (AvgIpc) is 3.70. The Morgan fingerprint density at radius 3 is 2.86 bits per heavy atom. The second-order valence-electron chi connectivity index (χ2n) is 8.85. The zero-order chi connectivity index (χ0) is 23.2. The number of aromatic nitrogens is 7. The second-order valence-corrected chi connectivity index (χ2v) is 9.80. The lowest BCUT2D eigenvalue weighted by Gasteiger charge is -2.14. The predicted molar refractivity (Wildman–Crippen MR) is 138 cm³/mol. The molecule has 0 unspecified atom stereocenters. The van der Waals surface area contributed by atoms with Gasteiger partial charge in [-0.05, 0) is 67.2 Å². The SMILES string of the molecule is c1csc(-c2ccnc3nc(-c4n[nH]c5ccc(-c6cncc(CN7CCCC7)c6)nc45)[nH]c23)c1. The van der Waals surface area contributed by atoms with Crippen molar-refractivity contribution in [3.8, 4) is 33.2 Å². The maximum atomic E-state index is 4.97. The molecular formula is C26H22N8S. The van der Waals surface area contributed by atoms with Crippen LogP contribution in [0.4, 0.5) is 0 Å². The highest BCUT2D eigenvalue weighted by atomic mass is 32.1. The number of hydrogen-bond acceptors (Lipinski definition) is 7. The Bertz CT molecular complexity index is 1640. The van der Waals surface area contributed by atoms with E-state index in [1.54, 1.807) is 17.5 Å². The van der Waals surface area contributed by atoms with Crippen LogP contribution in [0, 0.1) is 0 Å². The molecule has 0 saturated carbocycles. The molecule has 8 nitrogen and oxygen atoms in total. The van der Waals surface area contributed by atoms with Gasteiger partial charge in [0.25, 0.3) is 0 Å². The van der Waals surface area contributed by atoms with Gasteiger partial charge in [0.05, 0.1) is 16.7 Å². The molecule has 1 aliphatic rings. The number of thiophene rings is 1. The third kappa shape index (κ3) is 3.69. The molecule has 172 valence electrons. The molecule has 0 spiro atoms. The normalized spacial score (nSPS) is 14.4. The molecule has 7 heterocycles. The summed E-state index contributed by atoms with van der Waals surface area (Å²) in [5, 5.41) is 9.71. The Hall–Kier alpha value is -3.95. The summed E-state index contributed by atoms with van der Waals surface area (Å²) in [5.41, 5.74) is 8.03. The van der Waals surface area contributed by atoms with Crippen molar-refractivity contribution in [2.45, 2.75) is 19.4 Å². The van der Waals surface area contributed by atoms with E-state index < -0.39 is 0 Å². The number of aromatic amines is 2. The maximum Gasteiger partial charge on any atom is 0.178 e. The van der Waals surface area contributed by atoms with E-state index in [0.717, 1.165) is 53.0 Å². The first kappa shape index (κ1) is 20.4. The lowest BCUT2D eigenvalue weighted by atomic mass is 10.1. The number of nitrogens with zero attached hydrogens (tertiary/aromatic N) is 6. The maximum absolute atomic E-state index is 4.97. The predicted octanol–water partition coefficient (Wildman–Crippen LogP) is 5.28. The van der Waals surface area contributed by atoms with E-state index in [9.17, 15) is 0 Å². The van der Waals surface area contributed by atoms with Gasteiger partial charge in [-0.3, -0.25) is 15.0 Å². The highest BCUT2D eigenvalue weighted by Crippen LogP contribution is 2.32. The van der Waals surface area contributed by atoms with Gasteiger partial charge in [0.2, 0.25) is 0 Å². The summed E-state index contributed by atoms with van der Waals surface area (Å²) in [4.78, 5) is 25.8. The summed E-state index contributed by atoms with van der Waals surface area (Å²) in [6.45, 7) is 3.25.